The molecule has 148 heavy (non-hydrogen) atoms. The number of nitrogens with one attached hydrogen (secondary N) is 17. The fraction of sp³-hybridized carbons (Fsp3) is 0.516. The molecule has 16 atom stereocenters. The van der Waals surface area contributed by atoms with Gasteiger partial charge < -0.3 is 147 Å². The van der Waals surface area contributed by atoms with Crippen LogP contribution in [0, 0.1) is 10.8 Å². The third-order valence-corrected chi connectivity index (χ3v) is 25.1. The molecule has 16 amide bonds. The maximum Gasteiger partial charge on any atom is 0.410 e. The Balaban J connectivity index is 1.24. The van der Waals surface area contributed by atoms with Crippen LogP contribution in [0.5, 0.6) is 11.5 Å². The Bertz CT molecular complexity index is 5270. The molecule has 0 radical (unpaired) electrons. The first-order chi connectivity index (χ1) is 70.4. The van der Waals surface area contributed by atoms with Gasteiger partial charge in [-0.05, 0) is 162 Å². The number of nitrogens with two attached hydrogens (primary N) is 4. The van der Waals surface area contributed by atoms with Gasteiger partial charge in [0.2, 0.25) is 88.6 Å². The molecule has 0 saturated carbocycles. The van der Waals surface area contributed by atoms with Crippen molar-refractivity contribution >= 4 is 148 Å². The minimum Gasteiger partial charge on any atom is -0.508 e. The summed E-state index contributed by atoms with van der Waals surface area (Å²) in [6.45, 7) is 0.0361. The van der Waals surface area contributed by atoms with E-state index in [9.17, 15) is 107 Å². The zero-order valence-corrected chi connectivity index (χ0v) is 83.7. The first-order valence-corrected chi connectivity index (χ1v) is 50.1. The van der Waals surface area contributed by atoms with Gasteiger partial charge in [0.1, 0.15) is 90.0 Å². The van der Waals surface area contributed by atoms with Crippen LogP contribution in [0.4, 0.5) is 4.79 Å². The van der Waals surface area contributed by atoms with E-state index in [2.05, 4.69) is 90.0 Å². The summed E-state index contributed by atoms with van der Waals surface area (Å²) in [6, 6.07) is 4.44. The van der Waals surface area contributed by atoms with Gasteiger partial charge in [0.15, 0.2) is 24.3 Å². The number of benzene rings is 4. The second kappa shape index (κ2) is 63.1. The number of carboxylic acids is 2. The summed E-state index contributed by atoms with van der Waals surface area (Å²) >= 11 is 2.16. The number of unbranched alkanes of at least 4 members (excludes halogenated alkanes) is 1. The van der Waals surface area contributed by atoms with Crippen molar-refractivity contribution in [1.29, 1.82) is 10.8 Å². The number of azide groups is 1. The smallest absolute Gasteiger partial charge is 0.410 e. The minimum absolute atomic E-state index is 0.0108. The second-order valence-corrected chi connectivity index (χ2v) is 37.0. The van der Waals surface area contributed by atoms with Crippen molar-refractivity contribution in [2.75, 3.05) is 76.6 Å². The number of amides is 16. The van der Waals surface area contributed by atoms with E-state index in [1.54, 1.807) is 66.9 Å². The summed E-state index contributed by atoms with van der Waals surface area (Å²) < 4.78 is 5.28. The molecular weight excluding hydrogens is 1980 g/mol. The number of carbonyl (C=O) groups excluding carboxylic acids is 17. The fourth-order valence-corrected chi connectivity index (χ4v) is 16.9. The number of aliphatic carboxylic acids is 2. The molecule has 0 unspecified atom stereocenters. The Labute approximate surface area is 859 Å². The van der Waals surface area contributed by atoms with Crippen LogP contribution in [0.1, 0.15) is 137 Å². The molecule has 2 aliphatic heterocycles. The lowest BCUT2D eigenvalue weighted by atomic mass is 10.0. The predicted molar refractivity (Wildman–Crippen MR) is 537 cm³/mol. The molecule has 2 aliphatic rings. The van der Waals surface area contributed by atoms with Gasteiger partial charge in [-0.3, -0.25) is 97.8 Å². The molecule has 6 rings (SSSR count). The van der Waals surface area contributed by atoms with Crippen LogP contribution in [0.25, 0.3) is 10.4 Å². The molecule has 0 spiro atoms. The van der Waals surface area contributed by atoms with E-state index < -0.39 is 259 Å². The Hall–Kier alpha value is -15.4. The molecule has 0 bridgehead atoms. The summed E-state index contributed by atoms with van der Waals surface area (Å²) in [5.41, 5.74) is 35.7. The monoisotopic (exact) mass is 2110 g/mol. The number of ketones is 1. The number of phenolic OH excluding ortho intramolecular Hbond substituents is 2. The average Bonchev–Trinajstić information content (AvgIpc) is 1.67. The highest BCUT2D eigenvalue weighted by atomic mass is 32.2. The third kappa shape index (κ3) is 42.4. The minimum atomic E-state index is -2.02. The Morgan fingerprint density at radius 3 is 1.51 bits per heavy atom. The van der Waals surface area contributed by atoms with Crippen LogP contribution in [0.3, 0.4) is 0 Å². The van der Waals surface area contributed by atoms with Gasteiger partial charge in [0.05, 0.1) is 43.6 Å². The lowest BCUT2D eigenvalue weighted by Gasteiger charge is -2.32. The van der Waals surface area contributed by atoms with Crippen molar-refractivity contribution in [2.45, 2.75) is 226 Å². The SMILES string of the molecule is CSCC[C@H](NC(=O)[C@@H](N)Cc1ccc(O)cc1)C(=O)N[C@@H](CCCNC(=N)N)C(=O)N[C@H](C(=O)N1CCC[C@H]1C(=O)N[C@@H](CC(=O)O)C(=O)NCC(=O)N[C@@H](CCCNC(=N)N)C(=O)N[C@@H](CSCN(C)C(=O)OCC(=O)c1ccccc1)C(=O)N[C@@H](CCCCNN=[N+]=[N-])C(=O)N1CCC[C@H]1C(=O)N[C@H](C(=O)N[C@@H](Cc1ccccc1)C(=O)N[C@@H](Cc1ccc(O)cc1)C(=O)N[C@@H](CCC(N)=O)C(=O)O)[C@@H](C)O)[C@@H](C)O. The summed E-state index contributed by atoms with van der Waals surface area (Å²) in [4.78, 5) is 272. The molecule has 0 aliphatic carbocycles. The molecule has 0 aromatic heterocycles. The molecule has 2 saturated heterocycles. The number of carbonyl (C=O) groups is 19. The number of aliphatic hydroxyl groups excluding tert-OH is 2. The van der Waals surface area contributed by atoms with Gasteiger partial charge in [0.25, 0.3) is 0 Å². The van der Waals surface area contributed by atoms with Crippen LogP contribution in [0.15, 0.2) is 114 Å². The maximum atomic E-state index is 15.4. The number of likely N-dealkylation sites (tertiary alicyclic amines) is 2. The van der Waals surface area contributed by atoms with Gasteiger partial charge in [-0.2, -0.15) is 16.7 Å². The van der Waals surface area contributed by atoms with Gasteiger partial charge in [0, 0.05) is 63.8 Å². The number of primary amides is 1. The molecule has 808 valence electrons. The topological polar surface area (TPSA) is 846 Å². The Kier molecular flexibility index (Phi) is 51.8. The molecule has 2 fully saturated rings. The number of thioether (sulfide) groups is 2. The summed E-state index contributed by atoms with van der Waals surface area (Å²) in [5, 5.41) is 116. The van der Waals surface area contributed by atoms with E-state index in [0.29, 0.717) is 22.4 Å². The normalized spacial score (nSPS) is 15.8. The number of hydrogen-bond donors (Lipinski definition) is 27. The van der Waals surface area contributed by atoms with Gasteiger partial charge in [-0.15, -0.1) is 17.3 Å². The summed E-state index contributed by atoms with van der Waals surface area (Å²) in [6.07, 6.45) is -6.01. The second-order valence-electron chi connectivity index (χ2n) is 35.0. The van der Waals surface area contributed by atoms with Gasteiger partial charge in [-0.25, -0.2) is 9.59 Å². The van der Waals surface area contributed by atoms with E-state index in [1.807, 2.05) is 0 Å². The van der Waals surface area contributed by atoms with Crippen molar-refractivity contribution in [3.63, 3.8) is 0 Å². The molecule has 31 N–H and O–H groups in total. The van der Waals surface area contributed by atoms with Crippen LogP contribution < -0.4 is 103 Å². The fourth-order valence-electron chi connectivity index (χ4n) is 15.5. The molecule has 53 nitrogen and oxygen atoms in total. The van der Waals surface area contributed by atoms with Crippen LogP contribution >= 0.6 is 23.5 Å². The zero-order valence-electron chi connectivity index (χ0n) is 82.1. The van der Waals surface area contributed by atoms with Gasteiger partial charge >= 0.3 is 18.0 Å². The number of ether oxygens (including phenoxy) is 1. The van der Waals surface area contributed by atoms with Crippen LogP contribution in [0.2, 0.25) is 0 Å². The zero-order chi connectivity index (χ0) is 109. The lowest BCUT2D eigenvalue weighted by Crippen LogP contribution is -2.62. The number of nitrogens with zero attached hydrogens (tertiary/aromatic N) is 6. The van der Waals surface area contributed by atoms with E-state index in [4.69, 9.17) is 44.0 Å². The van der Waals surface area contributed by atoms with Crippen molar-refractivity contribution < 1.29 is 126 Å². The third-order valence-electron chi connectivity index (χ3n) is 23.4. The highest BCUT2D eigenvalue weighted by Crippen LogP contribution is 2.25. The highest BCUT2D eigenvalue weighted by molar-refractivity contribution is 7.99. The van der Waals surface area contributed by atoms with E-state index in [-0.39, 0.29) is 152 Å². The molecular formula is C93H133N27O26S2. The van der Waals surface area contributed by atoms with Crippen LogP contribution in [-0.2, 0) is 106 Å². The Morgan fingerprint density at radius 2 is 0.973 bits per heavy atom. The van der Waals surface area contributed by atoms with Gasteiger partial charge in [-0.1, -0.05) is 84.9 Å². The quantitative estimate of drug-likeness (QED) is 0.00228. The number of hydrogen-bond acceptors (Lipinski definition) is 30. The van der Waals surface area contributed by atoms with Crippen molar-refractivity contribution in [2.24, 2.45) is 28.2 Å². The van der Waals surface area contributed by atoms with Crippen molar-refractivity contribution in [3.8, 4) is 11.5 Å². The number of Topliss-reactive ketones (excluding diaryl/α,β-unsaturated/α-hetero) is 1. The number of guanidine groups is 2. The maximum absolute atomic E-state index is 15.4. The highest BCUT2D eigenvalue weighted by Gasteiger charge is 2.45. The molecule has 4 aromatic carbocycles. The Morgan fingerprint density at radius 1 is 0.507 bits per heavy atom. The number of phenols is 2. The summed E-state index contributed by atoms with van der Waals surface area (Å²) in [7, 11) is 1.28. The number of aliphatic hydroxyl groups is 2. The largest absolute Gasteiger partial charge is 0.508 e. The first kappa shape index (κ1) is 121. The molecule has 2 heterocycles. The van der Waals surface area contributed by atoms with Crippen molar-refractivity contribution in [1.82, 2.24) is 94.6 Å². The van der Waals surface area contributed by atoms with E-state index >= 15 is 14.4 Å². The summed E-state index contributed by atoms with van der Waals surface area (Å²) in [5.74, 6) is -21.0. The molecule has 4 aromatic rings. The first-order valence-electron chi connectivity index (χ1n) is 47.5. The predicted octanol–water partition coefficient (Wildman–Crippen LogP) is -4.62. The number of rotatable bonds is 64. The van der Waals surface area contributed by atoms with E-state index in [1.165, 1.54) is 67.3 Å². The number of aromatic hydroxyl groups is 2. The van der Waals surface area contributed by atoms with E-state index in [0.717, 1.165) is 40.3 Å². The average molecular weight is 2110 g/mol. The standard InChI is InChI=1S/C93H133N27O26S2/c1-51(121)75(87(140)112-66(44-53-17-7-5-8-18-53)83(136)110-65(45-55-28-32-58(124)33-29-55)82(135)109-64(90(143)144)34-35-72(95)126)114-86(139)70-25-15-40-119(70)88(141)63(21-11-12-39-104-117-116-100)108-84(137)68(49-148-50-118(3)93(145)146-48-71(125)56-19-9-6-10-20-56)113-79(132)60(22-13-37-101-91(96)97)105-73(127)47-103-78(131)67(46-74(128)129)111-85(138)69-24-16-41-120(69)89(142)76(52(2)122)115-81(134)61(23-14-38-102-92(98)99)107-80(133)62(36-42-147-4)106-77(130)59(94)43-54-26-30-57(123)31-27-54/h5-10,17-20,26-33,51-52,59-70,75-76,104,121-124H,11-16,21-25,34-50,94H2,1-4H3,(H2,95,126)(H,103,131)(H,105,127)(H,106,130)(H,107,133)(H,108,137)(H,109,135)(H,110,136)(H,111,138)(H,112,140)(H,113,132)(H,114,139)(H,115,134)(H,128,129)(H,143,144)(H4,96,97,101)(H4,98,99,102)/t51-,52-,59+,60+,61+,62+,63+,64+,65+,66+,67+,68+,69+,70+,75+,76+/m1/s1. The van der Waals surface area contributed by atoms with Crippen molar-refractivity contribution in [3.05, 3.63) is 142 Å². The number of carboxylic acid groups (broad SMARTS) is 2. The van der Waals surface area contributed by atoms with Crippen LogP contribution in [-0.4, -0.2) is 343 Å². The molecule has 55 heteroatoms. The lowest BCUT2D eigenvalue weighted by molar-refractivity contribution is -0.145.